The Bertz CT molecular complexity index is 1230. The number of carboxylic acids is 1. The van der Waals surface area contributed by atoms with Gasteiger partial charge in [0.2, 0.25) is 5.95 Å². The fourth-order valence-corrected chi connectivity index (χ4v) is 6.25. The summed E-state index contributed by atoms with van der Waals surface area (Å²) in [6.07, 6.45) is 0. The first-order chi connectivity index (χ1) is 16.2. The number of hydrogen-bond acceptors (Lipinski definition) is 14. The van der Waals surface area contributed by atoms with Crippen LogP contribution < -0.4 is 22.5 Å². The average molecular weight is 524 g/mol. The molecule has 0 aromatic carbocycles. The second kappa shape index (κ2) is 9.35. The Kier molecular flexibility index (Phi) is 6.49. The van der Waals surface area contributed by atoms with Gasteiger partial charge >= 0.3 is 5.97 Å². The van der Waals surface area contributed by atoms with Crippen molar-refractivity contribution in [3.05, 3.63) is 27.7 Å². The normalized spacial score (nSPS) is 20.0. The summed E-state index contributed by atoms with van der Waals surface area (Å²) in [6, 6.07) is 0.481. The van der Waals surface area contributed by atoms with Gasteiger partial charge in [0.15, 0.2) is 10.8 Å². The molecule has 1 saturated heterocycles. The number of anilines is 3. The Morgan fingerprint density at radius 3 is 2.71 bits per heavy atom. The van der Waals surface area contributed by atoms with E-state index < -0.39 is 29.2 Å². The Balaban J connectivity index is 1.55. The third kappa shape index (κ3) is 4.44. The molecular weight excluding hydrogens is 506 g/mol. The number of aromatic nitrogens is 3. The minimum absolute atomic E-state index is 0.0560. The molecule has 2 aromatic heterocycles. The molecule has 1 fully saturated rings. The zero-order chi connectivity index (χ0) is 24.6. The summed E-state index contributed by atoms with van der Waals surface area (Å²) < 4.78 is 0. The summed E-state index contributed by atoms with van der Waals surface area (Å²) >= 11 is 3.43. The molecular formula is C17H17N9O5S3. The number of fused-ring (bicyclic) bond motifs is 1. The van der Waals surface area contributed by atoms with Gasteiger partial charge < -0.3 is 32.5 Å². The molecule has 17 heteroatoms. The predicted molar refractivity (Wildman–Crippen MR) is 126 cm³/mol. The van der Waals surface area contributed by atoms with E-state index in [4.69, 9.17) is 22.0 Å². The fraction of sp³-hybridized carbons (Fsp3) is 0.235. The number of nitrogens with zero attached hydrogens (tertiary/aromatic N) is 5. The van der Waals surface area contributed by atoms with Gasteiger partial charge in [-0.25, -0.2) is 14.8 Å². The van der Waals surface area contributed by atoms with E-state index >= 15 is 0 Å². The van der Waals surface area contributed by atoms with E-state index in [1.165, 1.54) is 30.3 Å². The number of nitrogens with two attached hydrogens (primary N) is 3. The largest absolute Gasteiger partial charge is 0.477 e. The number of β-lactam (4-membered cyclic amide) rings is 1. The number of oxime groups is 1. The lowest BCUT2D eigenvalue weighted by Gasteiger charge is -2.49. The second-order valence-electron chi connectivity index (χ2n) is 6.72. The molecule has 2 aliphatic rings. The van der Waals surface area contributed by atoms with Gasteiger partial charge in [0, 0.05) is 22.1 Å². The second-order valence-corrected chi connectivity index (χ2v) is 9.83. The maximum atomic E-state index is 12.9. The summed E-state index contributed by atoms with van der Waals surface area (Å²) in [5.74, 6) is -2.26. The van der Waals surface area contributed by atoms with Gasteiger partial charge in [-0.3, -0.25) is 14.5 Å². The zero-order valence-corrected chi connectivity index (χ0v) is 19.7. The Morgan fingerprint density at radius 2 is 2.09 bits per heavy atom. The van der Waals surface area contributed by atoms with Crippen LogP contribution in [0.4, 0.5) is 16.9 Å². The smallest absolute Gasteiger partial charge is 0.353 e. The summed E-state index contributed by atoms with van der Waals surface area (Å²) in [6.45, 7) is 0. The number of nitrogens with one attached hydrogen (secondary N) is 1. The van der Waals surface area contributed by atoms with E-state index in [0.717, 1.165) is 28.0 Å². The number of hydrogen-bond donors (Lipinski definition) is 5. The van der Waals surface area contributed by atoms with Gasteiger partial charge in [-0.1, -0.05) is 16.9 Å². The van der Waals surface area contributed by atoms with Crippen molar-refractivity contribution in [3.63, 3.8) is 0 Å². The summed E-state index contributed by atoms with van der Waals surface area (Å²) in [5, 5.41) is 17.6. The molecule has 2 aromatic rings. The van der Waals surface area contributed by atoms with Gasteiger partial charge in [0.1, 0.15) is 40.8 Å². The maximum absolute atomic E-state index is 12.9. The highest BCUT2D eigenvalue weighted by Crippen LogP contribution is 2.45. The molecule has 178 valence electrons. The van der Waals surface area contributed by atoms with E-state index in [1.807, 2.05) is 0 Å². The van der Waals surface area contributed by atoms with Crippen LogP contribution in [0, 0.1) is 0 Å². The number of thioether (sulfide) groups is 2. The molecule has 4 rings (SSSR count). The van der Waals surface area contributed by atoms with Gasteiger partial charge in [-0.2, -0.15) is 4.98 Å². The third-order valence-corrected chi connectivity index (χ3v) is 7.69. The van der Waals surface area contributed by atoms with Crippen LogP contribution in [0.5, 0.6) is 0 Å². The van der Waals surface area contributed by atoms with Crippen LogP contribution in [0.1, 0.15) is 5.69 Å². The van der Waals surface area contributed by atoms with E-state index in [9.17, 15) is 19.5 Å². The van der Waals surface area contributed by atoms with E-state index in [2.05, 4.69) is 25.4 Å². The van der Waals surface area contributed by atoms with Crippen molar-refractivity contribution >= 4 is 75.3 Å². The molecule has 4 heterocycles. The fourth-order valence-electron chi connectivity index (χ4n) is 3.21. The summed E-state index contributed by atoms with van der Waals surface area (Å²) in [5.41, 5.74) is 16.7. The Hall–Kier alpha value is -3.57. The number of aliphatic carboxylic acids is 1. The van der Waals surface area contributed by atoms with Crippen molar-refractivity contribution in [2.24, 2.45) is 5.16 Å². The topological polar surface area (TPSA) is 225 Å². The van der Waals surface area contributed by atoms with Gasteiger partial charge in [-0.05, 0) is 0 Å². The van der Waals surface area contributed by atoms with Crippen LogP contribution in [0.15, 0.2) is 32.2 Å². The monoisotopic (exact) mass is 523 g/mol. The number of nitrogen functional groups attached to an aromatic ring is 3. The number of thiazole rings is 1. The van der Waals surface area contributed by atoms with Crippen molar-refractivity contribution in [1.29, 1.82) is 0 Å². The van der Waals surface area contributed by atoms with Crippen molar-refractivity contribution in [3.8, 4) is 0 Å². The average Bonchev–Trinajstić information content (AvgIpc) is 3.20. The molecule has 0 aliphatic carbocycles. The van der Waals surface area contributed by atoms with Crippen LogP contribution >= 0.6 is 34.9 Å². The van der Waals surface area contributed by atoms with E-state index in [1.54, 1.807) is 0 Å². The number of carbonyl (C=O) groups is 3. The Labute approximate surface area is 204 Å². The molecule has 2 aliphatic heterocycles. The molecule has 0 saturated carbocycles. The molecule has 8 N–H and O–H groups in total. The molecule has 0 radical (unpaired) electrons. The highest BCUT2D eigenvalue weighted by molar-refractivity contribution is 8.06. The quantitative estimate of drug-likeness (QED) is 0.134. The Morgan fingerprint density at radius 1 is 1.32 bits per heavy atom. The van der Waals surface area contributed by atoms with Gasteiger partial charge in [0.25, 0.3) is 11.8 Å². The van der Waals surface area contributed by atoms with Gasteiger partial charge in [-0.15, -0.1) is 23.1 Å². The van der Waals surface area contributed by atoms with E-state index in [-0.39, 0.29) is 39.8 Å². The van der Waals surface area contributed by atoms with Crippen LogP contribution in [0.2, 0.25) is 0 Å². The lowest BCUT2D eigenvalue weighted by Crippen LogP contribution is -2.71. The minimum Gasteiger partial charge on any atom is -0.477 e. The number of carboxylic acid groups (broad SMARTS) is 1. The first-order valence-electron chi connectivity index (χ1n) is 9.32. The maximum Gasteiger partial charge on any atom is 0.353 e. The first kappa shape index (κ1) is 23.6. The van der Waals surface area contributed by atoms with Crippen LogP contribution in [0.3, 0.4) is 0 Å². The van der Waals surface area contributed by atoms with E-state index in [0.29, 0.717) is 9.93 Å². The van der Waals surface area contributed by atoms with Gasteiger partial charge in [0.05, 0.1) is 0 Å². The molecule has 34 heavy (non-hydrogen) atoms. The standard InChI is InChI=1S/C17H17N9O5S3/c1-31-25-9(5-3-33-17(20)21-5)12(27)24-10-13(28)26-11(15(29)30)6(4-32-14(10)26)34-8-2-7(18)22-16(19)23-8/h2-3,10,14H,4H2,1H3,(H2,20,21)(H,24,27)(H,29,30)(H4,18,19,22,23). The highest BCUT2D eigenvalue weighted by Gasteiger charge is 2.54. The highest BCUT2D eigenvalue weighted by atomic mass is 32.2. The van der Waals surface area contributed by atoms with Crippen molar-refractivity contribution in [1.82, 2.24) is 25.2 Å². The minimum atomic E-state index is -1.29. The molecule has 2 atom stereocenters. The molecule has 2 amide bonds. The van der Waals surface area contributed by atoms with Crippen LogP contribution in [0.25, 0.3) is 0 Å². The van der Waals surface area contributed by atoms with Crippen LogP contribution in [-0.2, 0) is 19.2 Å². The number of carbonyl (C=O) groups excluding carboxylic acids is 2. The predicted octanol–water partition coefficient (Wildman–Crippen LogP) is -0.481. The zero-order valence-electron chi connectivity index (χ0n) is 17.3. The SMILES string of the molecule is CON=C(C(=O)NC1C(=O)N2C(C(=O)O)=C(Sc3cc(N)nc(N)n3)CSC12)c1csc(N)n1. The molecule has 0 bridgehead atoms. The summed E-state index contributed by atoms with van der Waals surface area (Å²) in [4.78, 5) is 55.8. The lowest BCUT2D eigenvalue weighted by molar-refractivity contribution is -0.150. The van der Waals surface area contributed by atoms with Crippen molar-refractivity contribution in [2.75, 3.05) is 30.1 Å². The summed E-state index contributed by atoms with van der Waals surface area (Å²) in [7, 11) is 1.26. The third-order valence-electron chi connectivity index (χ3n) is 4.55. The van der Waals surface area contributed by atoms with Crippen molar-refractivity contribution in [2.45, 2.75) is 16.4 Å². The molecule has 14 nitrogen and oxygen atoms in total. The van der Waals surface area contributed by atoms with Crippen molar-refractivity contribution < 1.29 is 24.3 Å². The van der Waals surface area contributed by atoms with Crippen LogP contribution in [-0.4, -0.2) is 72.7 Å². The first-order valence-corrected chi connectivity index (χ1v) is 12.1. The lowest BCUT2D eigenvalue weighted by atomic mass is 10.0. The molecule has 0 spiro atoms. The molecule has 2 unspecified atom stereocenters. The number of rotatable bonds is 7. The number of amides is 2.